The zero-order valence-corrected chi connectivity index (χ0v) is 10.7. The third-order valence-corrected chi connectivity index (χ3v) is 2.63. The molecule has 0 spiro atoms. The van der Waals surface area contributed by atoms with Gasteiger partial charge in [-0.2, -0.15) is 5.11 Å². The maximum Gasteiger partial charge on any atom is 0.423 e. The number of rotatable bonds is 4. The standard InChI is InChI=1S/C14H16BN3/c1-18(2)15(13-9-5-3-6-10-13)17-16-14-11-7-4-8-12-14/h3-12H,1-2H3. The minimum absolute atomic E-state index is 0.0496. The van der Waals surface area contributed by atoms with E-state index in [9.17, 15) is 0 Å². The lowest BCUT2D eigenvalue weighted by Gasteiger charge is -2.14. The van der Waals surface area contributed by atoms with Gasteiger partial charge in [-0.05, 0) is 31.7 Å². The van der Waals surface area contributed by atoms with Crippen LogP contribution in [0.25, 0.3) is 0 Å². The molecule has 0 bridgehead atoms. The van der Waals surface area contributed by atoms with E-state index in [1.54, 1.807) is 0 Å². The number of hydrogen-bond acceptors (Lipinski definition) is 3. The fraction of sp³-hybridized carbons (Fsp3) is 0.143. The quantitative estimate of drug-likeness (QED) is 0.593. The molecule has 2 aromatic carbocycles. The second-order valence-corrected chi connectivity index (χ2v) is 4.30. The summed E-state index contributed by atoms with van der Waals surface area (Å²) in [4.78, 5) is 2.04. The lowest BCUT2D eigenvalue weighted by Crippen LogP contribution is -2.42. The van der Waals surface area contributed by atoms with Crippen LogP contribution in [0.5, 0.6) is 0 Å². The van der Waals surface area contributed by atoms with Crippen LogP contribution >= 0.6 is 0 Å². The van der Waals surface area contributed by atoms with Crippen molar-refractivity contribution in [3.63, 3.8) is 0 Å². The maximum atomic E-state index is 4.41. The molecule has 18 heavy (non-hydrogen) atoms. The molecule has 2 aromatic rings. The van der Waals surface area contributed by atoms with E-state index in [0.717, 1.165) is 11.2 Å². The van der Waals surface area contributed by atoms with Crippen LogP contribution in [-0.2, 0) is 0 Å². The lowest BCUT2D eigenvalue weighted by atomic mass is 9.68. The molecular weight excluding hydrogens is 221 g/mol. The molecule has 2 rings (SSSR count). The van der Waals surface area contributed by atoms with Gasteiger partial charge in [-0.3, -0.25) is 0 Å². The summed E-state index contributed by atoms with van der Waals surface area (Å²) in [5.41, 5.74) is 2.02. The van der Waals surface area contributed by atoms with Gasteiger partial charge in [0.2, 0.25) is 0 Å². The van der Waals surface area contributed by atoms with Gasteiger partial charge in [0, 0.05) is 0 Å². The van der Waals surface area contributed by atoms with Gasteiger partial charge in [-0.1, -0.05) is 48.5 Å². The molecule has 0 heterocycles. The monoisotopic (exact) mass is 237 g/mol. The Kier molecular flexibility index (Phi) is 4.26. The van der Waals surface area contributed by atoms with Crippen LogP contribution in [0.4, 0.5) is 5.69 Å². The predicted octanol–water partition coefficient (Wildman–Crippen LogP) is 2.73. The van der Waals surface area contributed by atoms with E-state index in [0.29, 0.717) is 0 Å². The van der Waals surface area contributed by atoms with E-state index < -0.39 is 0 Å². The first-order chi connectivity index (χ1) is 8.77. The van der Waals surface area contributed by atoms with E-state index in [2.05, 4.69) is 22.3 Å². The van der Waals surface area contributed by atoms with Gasteiger partial charge in [-0.25, -0.2) is 5.03 Å². The van der Waals surface area contributed by atoms with Crippen molar-refractivity contribution in [3.8, 4) is 0 Å². The number of benzene rings is 2. The molecule has 0 saturated heterocycles. The van der Waals surface area contributed by atoms with Gasteiger partial charge in [-0.15, -0.1) is 0 Å². The van der Waals surface area contributed by atoms with Crippen molar-refractivity contribution in [1.82, 2.24) is 4.81 Å². The van der Waals surface area contributed by atoms with Gasteiger partial charge in [0.15, 0.2) is 0 Å². The van der Waals surface area contributed by atoms with Crippen LogP contribution in [0.3, 0.4) is 0 Å². The average Bonchev–Trinajstić information content (AvgIpc) is 2.41. The summed E-state index contributed by atoms with van der Waals surface area (Å²) < 4.78 is 0. The molecule has 0 amide bonds. The van der Waals surface area contributed by atoms with Crippen LogP contribution in [0.2, 0.25) is 0 Å². The van der Waals surface area contributed by atoms with E-state index in [4.69, 9.17) is 0 Å². The third-order valence-electron chi connectivity index (χ3n) is 2.63. The number of nitrogens with zero attached hydrogens (tertiary/aromatic N) is 3. The smallest absolute Gasteiger partial charge is 0.322 e. The molecule has 0 unspecified atom stereocenters. The molecule has 0 atom stereocenters. The third kappa shape index (κ3) is 3.28. The molecule has 0 aliphatic rings. The van der Waals surface area contributed by atoms with Crippen molar-refractivity contribution in [1.29, 1.82) is 0 Å². The van der Waals surface area contributed by atoms with Gasteiger partial charge >= 0.3 is 6.98 Å². The Labute approximate surface area is 108 Å². The lowest BCUT2D eigenvalue weighted by molar-refractivity contribution is 0.645. The first-order valence-electron chi connectivity index (χ1n) is 5.94. The first kappa shape index (κ1) is 12.5. The Hall–Kier alpha value is -1.94. The normalized spacial score (nSPS) is 11.1. The first-order valence-corrected chi connectivity index (χ1v) is 5.94. The molecule has 0 fully saturated rings. The largest absolute Gasteiger partial charge is 0.423 e. The zero-order valence-electron chi connectivity index (χ0n) is 10.7. The van der Waals surface area contributed by atoms with Gasteiger partial charge < -0.3 is 4.81 Å². The van der Waals surface area contributed by atoms with E-state index in [1.807, 2.05) is 67.4 Å². The second kappa shape index (κ2) is 6.12. The highest BCUT2D eigenvalue weighted by Crippen LogP contribution is 2.10. The van der Waals surface area contributed by atoms with E-state index in [-0.39, 0.29) is 6.98 Å². The molecule has 3 nitrogen and oxygen atoms in total. The number of hydrogen-bond donors (Lipinski definition) is 0. The molecule has 0 saturated carbocycles. The summed E-state index contributed by atoms with van der Waals surface area (Å²) >= 11 is 0. The van der Waals surface area contributed by atoms with E-state index >= 15 is 0 Å². The van der Waals surface area contributed by atoms with Gasteiger partial charge in [0.05, 0.1) is 5.69 Å². The summed E-state index contributed by atoms with van der Waals surface area (Å²) in [6.07, 6.45) is 0. The van der Waals surface area contributed by atoms with E-state index in [1.165, 1.54) is 0 Å². The second-order valence-electron chi connectivity index (χ2n) is 4.30. The van der Waals surface area contributed by atoms with Crippen LogP contribution < -0.4 is 5.46 Å². The van der Waals surface area contributed by atoms with Crippen molar-refractivity contribution in [2.75, 3.05) is 14.1 Å². The maximum absolute atomic E-state index is 4.41. The van der Waals surface area contributed by atoms with Crippen molar-refractivity contribution < 1.29 is 0 Å². The van der Waals surface area contributed by atoms with Crippen molar-refractivity contribution in [2.45, 2.75) is 0 Å². The highest BCUT2D eigenvalue weighted by atomic mass is 15.2. The average molecular weight is 237 g/mol. The fourth-order valence-corrected chi connectivity index (χ4v) is 1.71. The van der Waals surface area contributed by atoms with Crippen molar-refractivity contribution in [2.24, 2.45) is 10.1 Å². The van der Waals surface area contributed by atoms with Crippen LogP contribution in [0.15, 0.2) is 70.8 Å². The Bertz CT molecular complexity index is 497. The van der Waals surface area contributed by atoms with Gasteiger partial charge in [0.25, 0.3) is 0 Å². The molecule has 0 aliphatic carbocycles. The topological polar surface area (TPSA) is 28.0 Å². The van der Waals surface area contributed by atoms with Crippen LogP contribution in [-0.4, -0.2) is 25.9 Å². The Morgan fingerprint density at radius 1 is 0.833 bits per heavy atom. The summed E-state index contributed by atoms with van der Waals surface area (Å²) in [6.45, 7) is -0.0496. The summed E-state index contributed by atoms with van der Waals surface area (Å²) in [5.74, 6) is 0. The molecule has 0 N–H and O–H groups in total. The van der Waals surface area contributed by atoms with Crippen molar-refractivity contribution in [3.05, 3.63) is 60.7 Å². The van der Waals surface area contributed by atoms with Crippen LogP contribution in [0, 0.1) is 0 Å². The molecule has 0 radical (unpaired) electrons. The minimum Gasteiger partial charge on any atom is -0.322 e. The SMILES string of the molecule is CN(C)B(N=Nc1ccccc1)c1ccccc1. The molecule has 0 aromatic heterocycles. The zero-order chi connectivity index (χ0) is 12.8. The minimum atomic E-state index is -0.0496. The van der Waals surface area contributed by atoms with Crippen LogP contribution in [0.1, 0.15) is 0 Å². The fourth-order valence-electron chi connectivity index (χ4n) is 1.71. The summed E-state index contributed by atoms with van der Waals surface area (Å²) in [5, 5.41) is 8.70. The summed E-state index contributed by atoms with van der Waals surface area (Å²) in [6, 6.07) is 20.0. The molecular formula is C14H16BN3. The molecule has 0 aliphatic heterocycles. The highest BCUT2D eigenvalue weighted by Gasteiger charge is 2.19. The Morgan fingerprint density at radius 3 is 1.94 bits per heavy atom. The summed E-state index contributed by atoms with van der Waals surface area (Å²) in [7, 11) is 4.00. The van der Waals surface area contributed by atoms with Crippen molar-refractivity contribution >= 4 is 18.1 Å². The Morgan fingerprint density at radius 2 is 1.39 bits per heavy atom. The molecule has 90 valence electrons. The van der Waals surface area contributed by atoms with Gasteiger partial charge in [0.1, 0.15) is 0 Å². The molecule has 4 heteroatoms. The Balaban J connectivity index is 2.20. The highest BCUT2D eigenvalue weighted by molar-refractivity contribution is 6.68. The predicted molar refractivity (Wildman–Crippen MR) is 76.5 cm³/mol.